The second-order valence-corrected chi connectivity index (χ2v) is 5.40. The highest BCUT2D eigenvalue weighted by Crippen LogP contribution is 2.39. The second kappa shape index (κ2) is 6.60. The zero-order chi connectivity index (χ0) is 11.5. The molecule has 0 heterocycles. The van der Waals surface area contributed by atoms with E-state index in [0.717, 1.165) is 37.4 Å². The Kier molecular flexibility index (Phi) is 5.74. The highest BCUT2D eigenvalue weighted by Gasteiger charge is 2.38. The van der Waals surface area contributed by atoms with Crippen LogP contribution in [0.1, 0.15) is 51.9 Å². The minimum Gasteiger partial charge on any atom is -0.481 e. The lowest BCUT2D eigenvalue weighted by atomic mass is 10.1. The molecule has 0 amide bonds. The van der Waals surface area contributed by atoms with Crippen molar-refractivity contribution in [2.75, 3.05) is 6.54 Å². The molecule has 2 saturated carbocycles. The van der Waals surface area contributed by atoms with E-state index in [9.17, 15) is 4.79 Å². The Morgan fingerprint density at radius 2 is 1.94 bits per heavy atom. The van der Waals surface area contributed by atoms with Gasteiger partial charge in [-0.3, -0.25) is 9.69 Å². The molecule has 2 aliphatic carbocycles. The molecule has 1 N–H and O–H groups in total. The van der Waals surface area contributed by atoms with Gasteiger partial charge in [-0.05, 0) is 57.9 Å². The Balaban J connectivity index is 0.00000144. The van der Waals surface area contributed by atoms with Crippen molar-refractivity contribution in [1.82, 2.24) is 4.90 Å². The first-order chi connectivity index (χ1) is 7.68. The van der Waals surface area contributed by atoms with Crippen molar-refractivity contribution in [3.63, 3.8) is 0 Å². The molecule has 0 aromatic rings. The number of halogens is 1. The zero-order valence-electron chi connectivity index (χ0n) is 10.6. The molecule has 0 radical (unpaired) electrons. The third-order valence-electron chi connectivity index (χ3n) is 3.90. The topological polar surface area (TPSA) is 40.5 Å². The molecule has 0 spiro atoms. The number of aliphatic carboxylic acids is 1. The molecule has 0 bridgehead atoms. The van der Waals surface area contributed by atoms with Crippen LogP contribution in [0.5, 0.6) is 0 Å². The van der Waals surface area contributed by atoms with Gasteiger partial charge in [-0.25, -0.2) is 0 Å². The van der Waals surface area contributed by atoms with Crippen LogP contribution in [0, 0.1) is 5.92 Å². The monoisotopic (exact) mass is 261 g/mol. The first kappa shape index (κ1) is 14.8. The average Bonchev–Trinajstić information content (AvgIpc) is 3.07. The van der Waals surface area contributed by atoms with Gasteiger partial charge in [0.15, 0.2) is 0 Å². The quantitative estimate of drug-likeness (QED) is 0.683. The first-order valence-electron chi connectivity index (χ1n) is 6.66. The third-order valence-corrected chi connectivity index (χ3v) is 3.90. The summed E-state index contributed by atoms with van der Waals surface area (Å²) in [5.41, 5.74) is 0. The molecule has 1 unspecified atom stereocenters. The molecule has 100 valence electrons. The number of carboxylic acids is 1. The molecule has 0 aromatic heterocycles. The first-order valence-corrected chi connectivity index (χ1v) is 6.66. The van der Waals surface area contributed by atoms with Crippen LogP contribution in [0.25, 0.3) is 0 Å². The summed E-state index contributed by atoms with van der Waals surface area (Å²) >= 11 is 0. The third kappa shape index (κ3) is 4.84. The van der Waals surface area contributed by atoms with E-state index < -0.39 is 5.97 Å². The van der Waals surface area contributed by atoms with Gasteiger partial charge in [0, 0.05) is 18.5 Å². The highest BCUT2D eigenvalue weighted by molar-refractivity contribution is 5.85. The normalized spacial score (nSPS) is 21.1. The molecule has 0 aromatic carbocycles. The number of hydrogen-bond donors (Lipinski definition) is 1. The SMILES string of the molecule is CC(C1CC1)N(CCCCC(=O)O)C1CC1.Cl. The average molecular weight is 262 g/mol. The summed E-state index contributed by atoms with van der Waals surface area (Å²) in [5, 5.41) is 8.59. The Morgan fingerprint density at radius 1 is 1.29 bits per heavy atom. The van der Waals surface area contributed by atoms with Gasteiger partial charge >= 0.3 is 5.97 Å². The number of carbonyl (C=O) groups is 1. The Bertz CT molecular complexity index is 252. The number of hydrogen-bond acceptors (Lipinski definition) is 2. The van der Waals surface area contributed by atoms with Crippen LogP contribution in [0.15, 0.2) is 0 Å². The van der Waals surface area contributed by atoms with Crippen molar-refractivity contribution in [2.45, 2.75) is 64.0 Å². The Labute approximate surface area is 110 Å². The standard InChI is InChI=1S/C13H23NO2.ClH/c1-10(11-5-6-11)14(12-7-8-12)9-3-2-4-13(15)16;/h10-12H,2-9H2,1H3,(H,15,16);1H. The fourth-order valence-corrected chi connectivity index (χ4v) is 2.54. The lowest BCUT2D eigenvalue weighted by molar-refractivity contribution is -0.137. The smallest absolute Gasteiger partial charge is 0.303 e. The maximum Gasteiger partial charge on any atom is 0.303 e. The van der Waals surface area contributed by atoms with Crippen molar-refractivity contribution in [3.8, 4) is 0 Å². The van der Waals surface area contributed by atoms with E-state index in [2.05, 4.69) is 11.8 Å². The van der Waals surface area contributed by atoms with Crippen LogP contribution in [-0.2, 0) is 4.79 Å². The second-order valence-electron chi connectivity index (χ2n) is 5.40. The summed E-state index contributed by atoms with van der Waals surface area (Å²) in [4.78, 5) is 13.1. The summed E-state index contributed by atoms with van der Waals surface area (Å²) in [6.45, 7) is 3.46. The Hall–Kier alpha value is -0.280. The Morgan fingerprint density at radius 3 is 2.41 bits per heavy atom. The van der Waals surface area contributed by atoms with Crippen LogP contribution in [0.2, 0.25) is 0 Å². The molecule has 17 heavy (non-hydrogen) atoms. The van der Waals surface area contributed by atoms with Crippen LogP contribution < -0.4 is 0 Å². The number of unbranched alkanes of at least 4 members (excludes halogenated alkanes) is 1. The van der Waals surface area contributed by atoms with E-state index in [4.69, 9.17) is 5.11 Å². The number of nitrogens with zero attached hydrogens (tertiary/aromatic N) is 1. The molecular formula is C13H24ClNO2. The fourth-order valence-electron chi connectivity index (χ4n) is 2.54. The summed E-state index contributed by atoms with van der Waals surface area (Å²) < 4.78 is 0. The molecular weight excluding hydrogens is 238 g/mol. The zero-order valence-corrected chi connectivity index (χ0v) is 11.4. The van der Waals surface area contributed by atoms with Crippen molar-refractivity contribution in [2.24, 2.45) is 5.92 Å². The molecule has 0 aliphatic heterocycles. The van der Waals surface area contributed by atoms with Gasteiger partial charge in [0.2, 0.25) is 0 Å². The van der Waals surface area contributed by atoms with E-state index in [0.29, 0.717) is 6.42 Å². The fraction of sp³-hybridized carbons (Fsp3) is 0.923. The van der Waals surface area contributed by atoms with Gasteiger partial charge < -0.3 is 5.11 Å². The molecule has 3 nitrogen and oxygen atoms in total. The van der Waals surface area contributed by atoms with E-state index in [1.54, 1.807) is 0 Å². The summed E-state index contributed by atoms with van der Waals surface area (Å²) in [6.07, 6.45) is 7.72. The van der Waals surface area contributed by atoms with E-state index in [1.807, 2.05) is 0 Å². The summed E-state index contributed by atoms with van der Waals surface area (Å²) in [5.74, 6) is 0.272. The summed E-state index contributed by atoms with van der Waals surface area (Å²) in [7, 11) is 0. The molecule has 2 aliphatic rings. The van der Waals surface area contributed by atoms with Gasteiger partial charge in [-0.1, -0.05) is 0 Å². The van der Waals surface area contributed by atoms with Crippen LogP contribution in [0.4, 0.5) is 0 Å². The van der Waals surface area contributed by atoms with E-state index in [-0.39, 0.29) is 12.4 Å². The summed E-state index contributed by atoms with van der Waals surface area (Å²) in [6, 6.07) is 1.55. The van der Waals surface area contributed by atoms with E-state index >= 15 is 0 Å². The minimum absolute atomic E-state index is 0. The van der Waals surface area contributed by atoms with Crippen molar-refractivity contribution >= 4 is 18.4 Å². The number of rotatable bonds is 8. The van der Waals surface area contributed by atoms with Crippen LogP contribution in [-0.4, -0.2) is 34.6 Å². The van der Waals surface area contributed by atoms with Crippen molar-refractivity contribution in [1.29, 1.82) is 0 Å². The minimum atomic E-state index is -0.659. The van der Waals surface area contributed by atoms with Crippen molar-refractivity contribution < 1.29 is 9.90 Å². The van der Waals surface area contributed by atoms with Gasteiger partial charge in [-0.15, -0.1) is 12.4 Å². The lowest BCUT2D eigenvalue weighted by Gasteiger charge is -2.29. The molecule has 4 heteroatoms. The molecule has 0 saturated heterocycles. The molecule has 2 rings (SSSR count). The lowest BCUT2D eigenvalue weighted by Crippen LogP contribution is -2.37. The predicted octanol–water partition coefficient (Wildman–Crippen LogP) is 2.93. The maximum absolute atomic E-state index is 10.4. The predicted molar refractivity (Wildman–Crippen MR) is 70.6 cm³/mol. The largest absolute Gasteiger partial charge is 0.481 e. The van der Waals surface area contributed by atoms with E-state index in [1.165, 1.54) is 25.7 Å². The molecule has 1 atom stereocenters. The van der Waals surface area contributed by atoms with Crippen LogP contribution >= 0.6 is 12.4 Å². The van der Waals surface area contributed by atoms with Gasteiger partial charge in [0.25, 0.3) is 0 Å². The number of carboxylic acid groups (broad SMARTS) is 1. The van der Waals surface area contributed by atoms with Gasteiger partial charge in [0.1, 0.15) is 0 Å². The van der Waals surface area contributed by atoms with Crippen molar-refractivity contribution in [3.05, 3.63) is 0 Å². The van der Waals surface area contributed by atoms with Gasteiger partial charge in [-0.2, -0.15) is 0 Å². The van der Waals surface area contributed by atoms with Gasteiger partial charge in [0.05, 0.1) is 0 Å². The maximum atomic E-state index is 10.4. The molecule has 2 fully saturated rings. The van der Waals surface area contributed by atoms with Crippen LogP contribution in [0.3, 0.4) is 0 Å². The highest BCUT2D eigenvalue weighted by atomic mass is 35.5.